The van der Waals surface area contributed by atoms with Crippen LogP contribution in [0.4, 0.5) is 5.13 Å². The Balaban J connectivity index is 1.82. The number of amides is 3. The predicted molar refractivity (Wildman–Crippen MR) is 122 cm³/mol. The lowest BCUT2D eigenvalue weighted by molar-refractivity contribution is -0.137. The first-order valence-corrected chi connectivity index (χ1v) is 11.2. The van der Waals surface area contributed by atoms with Gasteiger partial charge in [0.05, 0.1) is 12.8 Å². The molecule has 1 saturated heterocycles. The Hall–Kier alpha value is -3.25. The lowest BCUT2D eigenvalue weighted by Gasteiger charge is -2.31. The quantitative estimate of drug-likeness (QED) is 0.238. The van der Waals surface area contributed by atoms with Gasteiger partial charge in [-0.15, -0.1) is 11.3 Å². The molecule has 1 aliphatic heterocycles. The molecule has 0 radical (unpaired) electrons. The average molecular weight is 480 g/mol. The van der Waals surface area contributed by atoms with Gasteiger partial charge in [-0.2, -0.15) is 0 Å². The van der Waals surface area contributed by atoms with Gasteiger partial charge in [0.25, 0.3) is 11.8 Å². The lowest BCUT2D eigenvalue weighted by Crippen LogP contribution is -2.41. The fraction of sp³-hybridized carbons (Fsp3) is 0.476. The van der Waals surface area contributed by atoms with Crippen molar-refractivity contribution in [3.05, 3.63) is 35.6 Å². The molecule has 1 aromatic heterocycles. The van der Waals surface area contributed by atoms with Crippen LogP contribution < -0.4 is 20.9 Å². The molecule has 1 fully saturated rings. The van der Waals surface area contributed by atoms with Crippen molar-refractivity contribution in [1.29, 1.82) is 0 Å². The Morgan fingerprint density at radius 3 is 2.48 bits per heavy atom. The summed E-state index contributed by atoms with van der Waals surface area (Å²) in [5.74, 6) is -2.20. The van der Waals surface area contributed by atoms with E-state index in [0.29, 0.717) is 44.2 Å². The molecule has 0 unspecified atom stereocenters. The molecule has 0 bridgehead atoms. The first-order chi connectivity index (χ1) is 15.8. The SMILES string of the molecule is C=C(NC(=O)c1csc(N2CCC(C(=O)NCCCOC)CC2)n1)C(=O)NC(=C)C(=O)OC. The maximum Gasteiger partial charge on any atom is 0.353 e. The number of carbonyl (C=O) groups excluding carboxylic acids is 4. The number of piperidine rings is 1. The molecule has 180 valence electrons. The third-order valence-electron chi connectivity index (χ3n) is 4.92. The van der Waals surface area contributed by atoms with E-state index in [-0.39, 0.29) is 28.9 Å². The molecule has 0 saturated carbocycles. The van der Waals surface area contributed by atoms with Crippen molar-refractivity contribution < 1.29 is 28.7 Å². The van der Waals surface area contributed by atoms with Gasteiger partial charge < -0.3 is 30.3 Å². The van der Waals surface area contributed by atoms with E-state index in [1.165, 1.54) is 11.3 Å². The molecule has 1 aromatic rings. The van der Waals surface area contributed by atoms with Crippen LogP contribution in [0.25, 0.3) is 0 Å². The number of carbonyl (C=O) groups is 4. The number of hydrogen-bond acceptors (Lipinski definition) is 9. The number of esters is 1. The van der Waals surface area contributed by atoms with Crippen LogP contribution in [0.3, 0.4) is 0 Å². The summed E-state index contributed by atoms with van der Waals surface area (Å²) in [6.45, 7) is 9.37. The molecule has 0 atom stereocenters. The number of anilines is 1. The van der Waals surface area contributed by atoms with Crippen molar-refractivity contribution in [3.8, 4) is 0 Å². The van der Waals surface area contributed by atoms with Crippen molar-refractivity contribution in [2.24, 2.45) is 5.92 Å². The molecule has 33 heavy (non-hydrogen) atoms. The molecular formula is C21H29N5O6S. The second-order valence-corrected chi connectivity index (χ2v) is 8.11. The normalized spacial score (nSPS) is 13.7. The third kappa shape index (κ3) is 7.68. The number of ether oxygens (including phenoxy) is 2. The summed E-state index contributed by atoms with van der Waals surface area (Å²) in [4.78, 5) is 54.4. The van der Waals surface area contributed by atoms with Crippen molar-refractivity contribution in [2.75, 3.05) is 45.4 Å². The molecule has 0 aliphatic carbocycles. The van der Waals surface area contributed by atoms with Gasteiger partial charge in [-0.3, -0.25) is 14.4 Å². The lowest BCUT2D eigenvalue weighted by atomic mass is 9.96. The van der Waals surface area contributed by atoms with Gasteiger partial charge in [-0.25, -0.2) is 9.78 Å². The number of rotatable bonds is 11. The highest BCUT2D eigenvalue weighted by Gasteiger charge is 2.27. The van der Waals surface area contributed by atoms with E-state index in [1.54, 1.807) is 12.5 Å². The second-order valence-electron chi connectivity index (χ2n) is 7.27. The van der Waals surface area contributed by atoms with E-state index >= 15 is 0 Å². The monoisotopic (exact) mass is 479 g/mol. The number of methoxy groups -OCH3 is 2. The van der Waals surface area contributed by atoms with E-state index in [2.05, 4.69) is 38.8 Å². The number of thiazole rings is 1. The summed E-state index contributed by atoms with van der Waals surface area (Å²) in [7, 11) is 2.78. The van der Waals surface area contributed by atoms with E-state index in [4.69, 9.17) is 4.74 Å². The van der Waals surface area contributed by atoms with Crippen LogP contribution in [-0.4, -0.2) is 69.1 Å². The molecule has 1 aliphatic rings. The van der Waals surface area contributed by atoms with Crippen molar-refractivity contribution in [3.63, 3.8) is 0 Å². The number of nitrogens with zero attached hydrogens (tertiary/aromatic N) is 2. The first-order valence-electron chi connectivity index (χ1n) is 10.3. The zero-order valence-electron chi connectivity index (χ0n) is 18.8. The van der Waals surface area contributed by atoms with Gasteiger partial charge in [-0.05, 0) is 19.3 Å². The summed E-state index contributed by atoms with van der Waals surface area (Å²) < 4.78 is 9.41. The van der Waals surface area contributed by atoms with Gasteiger partial charge in [0.1, 0.15) is 11.4 Å². The molecule has 11 nitrogen and oxygen atoms in total. The van der Waals surface area contributed by atoms with Crippen LogP contribution in [0.1, 0.15) is 29.8 Å². The average Bonchev–Trinajstić information content (AvgIpc) is 3.31. The number of nitrogens with one attached hydrogen (secondary N) is 3. The minimum absolute atomic E-state index is 0.0481. The van der Waals surface area contributed by atoms with E-state index in [9.17, 15) is 19.2 Å². The van der Waals surface area contributed by atoms with Crippen LogP contribution in [0.15, 0.2) is 29.9 Å². The largest absolute Gasteiger partial charge is 0.464 e. The topological polar surface area (TPSA) is 139 Å². The van der Waals surface area contributed by atoms with Crippen molar-refractivity contribution >= 4 is 40.2 Å². The Kier molecular flexibility index (Phi) is 10.0. The molecule has 12 heteroatoms. The predicted octanol–water partition coefficient (Wildman–Crippen LogP) is 0.559. The summed E-state index contributed by atoms with van der Waals surface area (Å²) in [6, 6.07) is 0. The zero-order valence-corrected chi connectivity index (χ0v) is 19.6. The summed E-state index contributed by atoms with van der Waals surface area (Å²) in [5.41, 5.74) is -0.411. The number of aromatic nitrogens is 1. The Morgan fingerprint density at radius 1 is 1.15 bits per heavy atom. The minimum Gasteiger partial charge on any atom is -0.464 e. The summed E-state index contributed by atoms with van der Waals surface area (Å²) >= 11 is 1.30. The fourth-order valence-electron chi connectivity index (χ4n) is 3.06. The van der Waals surface area contributed by atoms with Crippen LogP contribution in [0.5, 0.6) is 0 Å². The number of hydrogen-bond donors (Lipinski definition) is 3. The van der Waals surface area contributed by atoms with Crippen LogP contribution in [0, 0.1) is 5.92 Å². The van der Waals surface area contributed by atoms with Crippen LogP contribution in [-0.2, 0) is 23.9 Å². The summed E-state index contributed by atoms with van der Waals surface area (Å²) in [5, 5.41) is 9.71. The van der Waals surface area contributed by atoms with Gasteiger partial charge >= 0.3 is 5.97 Å². The van der Waals surface area contributed by atoms with Gasteiger partial charge in [0, 0.05) is 44.6 Å². The fourth-order valence-corrected chi connectivity index (χ4v) is 3.92. The maximum atomic E-state index is 12.4. The van der Waals surface area contributed by atoms with E-state index < -0.39 is 17.8 Å². The van der Waals surface area contributed by atoms with Gasteiger partial charge in [0.2, 0.25) is 5.91 Å². The maximum absolute atomic E-state index is 12.4. The first kappa shape index (κ1) is 26.0. The molecule has 0 aromatic carbocycles. The van der Waals surface area contributed by atoms with Gasteiger partial charge in [-0.1, -0.05) is 13.2 Å². The highest BCUT2D eigenvalue weighted by Crippen LogP contribution is 2.26. The standard InChI is InChI=1S/C21H29N5O6S/c1-13(17(27)24-14(2)20(30)32-4)23-19(29)16-12-33-21(25-16)26-9-6-15(7-10-26)18(28)22-8-5-11-31-3/h12,15H,1-2,5-11H2,3-4H3,(H,22,28)(H,23,29)(H,24,27). The Bertz CT molecular complexity index is 907. The molecule has 2 heterocycles. The van der Waals surface area contributed by atoms with E-state index in [1.807, 2.05) is 4.90 Å². The smallest absolute Gasteiger partial charge is 0.353 e. The van der Waals surface area contributed by atoms with Crippen LogP contribution >= 0.6 is 11.3 Å². The molecule has 0 spiro atoms. The highest BCUT2D eigenvalue weighted by molar-refractivity contribution is 7.13. The molecular weight excluding hydrogens is 450 g/mol. The minimum atomic E-state index is -0.807. The highest BCUT2D eigenvalue weighted by atomic mass is 32.1. The second kappa shape index (κ2) is 12.7. The van der Waals surface area contributed by atoms with Crippen molar-refractivity contribution in [1.82, 2.24) is 20.9 Å². The Labute approximate surface area is 196 Å². The molecule has 2 rings (SSSR count). The van der Waals surface area contributed by atoms with Crippen molar-refractivity contribution in [2.45, 2.75) is 19.3 Å². The summed E-state index contributed by atoms with van der Waals surface area (Å²) in [6.07, 6.45) is 2.16. The van der Waals surface area contributed by atoms with Crippen LogP contribution in [0.2, 0.25) is 0 Å². The molecule has 3 N–H and O–H groups in total. The van der Waals surface area contributed by atoms with Gasteiger partial charge in [0.15, 0.2) is 5.13 Å². The van der Waals surface area contributed by atoms with E-state index in [0.717, 1.165) is 13.5 Å². The molecule has 3 amide bonds. The third-order valence-corrected chi connectivity index (χ3v) is 5.82. The zero-order chi connectivity index (χ0) is 24.4. The Morgan fingerprint density at radius 2 is 1.85 bits per heavy atom.